The molecule has 0 spiro atoms. The number of hydrogen-bond donors (Lipinski definition) is 0. The van der Waals surface area contributed by atoms with E-state index in [9.17, 15) is 10.5 Å². The van der Waals surface area contributed by atoms with Gasteiger partial charge >= 0.3 is 0 Å². The minimum atomic E-state index is 0.519. The fraction of sp³-hybridized carbons (Fsp3) is 0. The maximum Gasteiger partial charge on any atom is 0.101 e. The van der Waals surface area contributed by atoms with Crippen LogP contribution in [0.3, 0.4) is 0 Å². The lowest BCUT2D eigenvalue weighted by Crippen LogP contribution is -2.16. The molecule has 0 aliphatic heterocycles. The quantitative estimate of drug-likeness (QED) is 0.123. The molecule has 0 amide bonds. The van der Waals surface area contributed by atoms with Gasteiger partial charge in [-0.1, -0.05) is 115 Å². The Morgan fingerprint density at radius 1 is 0.226 bits per heavy atom. The minimum absolute atomic E-state index is 0.519. The van der Waals surface area contributed by atoms with Crippen molar-refractivity contribution in [2.75, 3.05) is 19.6 Å². The second kappa shape index (κ2) is 18.0. The Hall–Kier alpha value is -8.84. The molecule has 6 heteroatoms. The molecule has 0 radical (unpaired) electrons. The number of hydrogen-bond acceptors (Lipinski definition) is 6. The van der Waals surface area contributed by atoms with Gasteiger partial charge < -0.3 is 19.6 Å². The highest BCUT2D eigenvalue weighted by molar-refractivity contribution is 5.90. The molecule has 62 heavy (non-hydrogen) atoms. The molecule has 6 nitrogen and oxygen atoms in total. The topological polar surface area (TPSA) is 60.5 Å². The second-order valence-corrected chi connectivity index (χ2v) is 14.5. The van der Waals surface area contributed by atoms with E-state index in [2.05, 4.69) is 135 Å². The highest BCUT2D eigenvalue weighted by Gasteiger charge is 2.24. The van der Waals surface area contributed by atoms with Gasteiger partial charge in [-0.15, -0.1) is 0 Å². The molecular formula is C56H40N6. The summed E-state index contributed by atoms with van der Waals surface area (Å²) in [5.74, 6) is 0. The first-order valence-electron chi connectivity index (χ1n) is 20.4. The fourth-order valence-electron chi connectivity index (χ4n) is 7.86. The minimum Gasteiger partial charge on any atom is -0.310 e. The Labute approximate surface area is 362 Å². The van der Waals surface area contributed by atoms with Crippen LogP contribution in [0.1, 0.15) is 11.1 Å². The van der Waals surface area contributed by atoms with Crippen molar-refractivity contribution in [3.05, 3.63) is 254 Å². The van der Waals surface area contributed by atoms with E-state index in [1.807, 2.05) is 140 Å². The summed E-state index contributed by atoms with van der Waals surface area (Å²) in [5.41, 5.74) is 11.7. The maximum absolute atomic E-state index is 10.7. The summed E-state index contributed by atoms with van der Waals surface area (Å²) in [6.07, 6.45) is 0. The molecule has 0 saturated carbocycles. The van der Waals surface area contributed by atoms with Crippen molar-refractivity contribution < 1.29 is 0 Å². The van der Waals surface area contributed by atoms with Crippen LogP contribution in [-0.2, 0) is 0 Å². The van der Waals surface area contributed by atoms with Crippen molar-refractivity contribution in [2.24, 2.45) is 0 Å². The number of rotatable bonds is 12. The Morgan fingerprint density at radius 2 is 0.468 bits per heavy atom. The van der Waals surface area contributed by atoms with E-state index in [4.69, 9.17) is 0 Å². The van der Waals surface area contributed by atoms with Crippen LogP contribution in [0.25, 0.3) is 0 Å². The van der Waals surface area contributed by atoms with Crippen LogP contribution in [0, 0.1) is 22.7 Å². The molecule has 9 rings (SSSR count). The molecular weight excluding hydrogens is 757 g/mol. The summed E-state index contributed by atoms with van der Waals surface area (Å²) in [5, 5.41) is 21.4. The lowest BCUT2D eigenvalue weighted by molar-refractivity contribution is 1.22. The lowest BCUT2D eigenvalue weighted by atomic mass is 10.1. The fourth-order valence-corrected chi connectivity index (χ4v) is 7.86. The zero-order chi connectivity index (χ0) is 42.1. The summed E-state index contributed by atoms with van der Waals surface area (Å²) >= 11 is 0. The molecule has 294 valence electrons. The van der Waals surface area contributed by atoms with Crippen LogP contribution in [0.4, 0.5) is 68.2 Å². The average Bonchev–Trinajstić information content (AvgIpc) is 3.34. The van der Waals surface area contributed by atoms with E-state index >= 15 is 0 Å². The second-order valence-electron chi connectivity index (χ2n) is 14.5. The van der Waals surface area contributed by atoms with Crippen molar-refractivity contribution in [3.8, 4) is 12.1 Å². The summed E-state index contributed by atoms with van der Waals surface area (Å²) in [6.45, 7) is 0. The molecule has 0 aliphatic carbocycles. The monoisotopic (exact) mass is 796 g/mol. The smallest absolute Gasteiger partial charge is 0.101 e. The van der Waals surface area contributed by atoms with E-state index in [-0.39, 0.29) is 0 Å². The van der Waals surface area contributed by atoms with Gasteiger partial charge in [-0.3, -0.25) is 0 Å². The predicted molar refractivity (Wildman–Crippen MR) is 255 cm³/mol. The molecule has 0 saturated heterocycles. The van der Waals surface area contributed by atoms with Gasteiger partial charge in [-0.2, -0.15) is 10.5 Å². The van der Waals surface area contributed by atoms with Crippen LogP contribution in [0.15, 0.2) is 243 Å². The number of benzene rings is 9. The first-order chi connectivity index (χ1) is 30.7. The normalized spacial score (nSPS) is 10.5. The van der Waals surface area contributed by atoms with Crippen LogP contribution < -0.4 is 19.6 Å². The van der Waals surface area contributed by atoms with Gasteiger partial charge in [0.1, 0.15) is 12.1 Å². The van der Waals surface area contributed by atoms with Gasteiger partial charge in [-0.05, 0) is 127 Å². The van der Waals surface area contributed by atoms with Gasteiger partial charge in [0.25, 0.3) is 0 Å². The lowest BCUT2D eigenvalue weighted by Gasteiger charge is -2.32. The van der Waals surface area contributed by atoms with Crippen molar-refractivity contribution >= 4 is 68.2 Å². The van der Waals surface area contributed by atoms with E-state index in [0.717, 1.165) is 68.2 Å². The van der Waals surface area contributed by atoms with Crippen molar-refractivity contribution in [1.82, 2.24) is 0 Å². The van der Waals surface area contributed by atoms with Gasteiger partial charge in [0.05, 0.1) is 22.5 Å². The first kappa shape index (κ1) is 38.7. The highest BCUT2D eigenvalue weighted by atomic mass is 15.2. The first-order valence-corrected chi connectivity index (χ1v) is 20.4. The molecule has 0 unspecified atom stereocenters. The van der Waals surface area contributed by atoms with Gasteiger partial charge in [0.2, 0.25) is 0 Å². The number of para-hydroxylation sites is 6. The Kier molecular flexibility index (Phi) is 11.2. The maximum atomic E-state index is 10.7. The van der Waals surface area contributed by atoms with Crippen molar-refractivity contribution in [3.63, 3.8) is 0 Å². The zero-order valence-corrected chi connectivity index (χ0v) is 33.8. The van der Waals surface area contributed by atoms with Crippen LogP contribution >= 0.6 is 0 Å². The van der Waals surface area contributed by atoms with E-state index < -0.39 is 0 Å². The van der Waals surface area contributed by atoms with E-state index in [1.165, 1.54) is 0 Å². The molecule has 0 heterocycles. The summed E-state index contributed by atoms with van der Waals surface area (Å²) in [6, 6.07) is 86.5. The van der Waals surface area contributed by atoms with Crippen molar-refractivity contribution in [2.45, 2.75) is 0 Å². The van der Waals surface area contributed by atoms with Gasteiger partial charge in [0.15, 0.2) is 0 Å². The van der Waals surface area contributed by atoms with Crippen LogP contribution in [0.5, 0.6) is 0 Å². The zero-order valence-electron chi connectivity index (χ0n) is 33.8. The van der Waals surface area contributed by atoms with Crippen LogP contribution in [0.2, 0.25) is 0 Å². The summed E-state index contributed by atoms with van der Waals surface area (Å²) in [7, 11) is 0. The van der Waals surface area contributed by atoms with Crippen molar-refractivity contribution in [1.29, 1.82) is 10.5 Å². The summed E-state index contributed by atoms with van der Waals surface area (Å²) in [4.78, 5) is 8.67. The predicted octanol–water partition coefficient (Wildman–Crippen LogP) is 15.3. The van der Waals surface area contributed by atoms with E-state index in [0.29, 0.717) is 11.1 Å². The third-order valence-electron chi connectivity index (χ3n) is 10.6. The molecule has 0 aromatic heterocycles. The third kappa shape index (κ3) is 7.96. The van der Waals surface area contributed by atoms with E-state index in [1.54, 1.807) is 0 Å². The van der Waals surface area contributed by atoms with Gasteiger partial charge in [0, 0.05) is 56.9 Å². The molecule has 9 aromatic rings. The molecule has 0 atom stereocenters. The molecule has 0 aliphatic rings. The summed E-state index contributed by atoms with van der Waals surface area (Å²) < 4.78 is 0. The third-order valence-corrected chi connectivity index (χ3v) is 10.6. The molecule has 0 N–H and O–H groups in total. The number of nitrogens with zero attached hydrogens (tertiary/aromatic N) is 6. The molecule has 0 fully saturated rings. The molecule has 9 aromatic carbocycles. The Bertz CT molecular complexity index is 2700. The molecule has 0 bridgehead atoms. The number of anilines is 12. The largest absolute Gasteiger partial charge is 0.310 e. The SMILES string of the molecule is N#Cc1ccc(N(c2ccccc2)c2ccccc2)cc1N(c1ccccc1)c1cccc(N(c2ccccc2)c2cc(N(c3ccccc3)c3ccccc3)ccc2C#N)c1. The van der Waals surface area contributed by atoms with Crippen LogP contribution in [-0.4, -0.2) is 0 Å². The average molecular weight is 797 g/mol. The number of nitriles is 2. The van der Waals surface area contributed by atoms with Gasteiger partial charge in [-0.25, -0.2) is 0 Å². The Balaban J connectivity index is 1.23. The standard InChI is InChI=1S/C56H40N6/c57-41-43-34-36-53(59(45-20-7-1-8-21-45)46-22-9-2-10-23-46)39-55(43)61(49-28-15-5-16-29-49)51-32-19-33-52(38-51)62(50-30-17-6-18-31-50)56-40-54(37-35-44(56)42-58)60(47-24-11-3-12-25-47)48-26-13-4-14-27-48/h1-40H. The Morgan fingerprint density at radius 3 is 0.742 bits per heavy atom. The highest BCUT2D eigenvalue weighted by Crippen LogP contribution is 2.46.